The number of halogens is 1. The zero-order chi connectivity index (χ0) is 10.8. The second kappa shape index (κ2) is 4.16. The molecule has 0 spiro atoms. The van der Waals surface area contributed by atoms with E-state index in [4.69, 9.17) is 5.73 Å². The van der Waals surface area contributed by atoms with Crippen LogP contribution in [0.4, 0.5) is 0 Å². The summed E-state index contributed by atoms with van der Waals surface area (Å²) < 4.78 is 2.78. The molecule has 0 unspecified atom stereocenters. The van der Waals surface area contributed by atoms with Gasteiger partial charge >= 0.3 is 0 Å². The number of aromatic nitrogens is 2. The zero-order valence-corrected chi connectivity index (χ0v) is 9.98. The first-order chi connectivity index (χ1) is 7.18. The fourth-order valence-electron chi connectivity index (χ4n) is 1.51. The van der Waals surface area contributed by atoms with E-state index in [9.17, 15) is 0 Å². The Bertz CT molecular complexity index is 462. The molecular formula is C11H12BrN3. The van der Waals surface area contributed by atoms with Crippen molar-refractivity contribution in [3.05, 3.63) is 46.7 Å². The third-order valence-electron chi connectivity index (χ3n) is 2.23. The van der Waals surface area contributed by atoms with Gasteiger partial charge in [0.05, 0.1) is 16.4 Å². The van der Waals surface area contributed by atoms with Crippen LogP contribution in [0.1, 0.15) is 18.5 Å². The molecule has 0 bridgehead atoms. The van der Waals surface area contributed by atoms with Gasteiger partial charge in [-0.05, 0) is 34.5 Å². The van der Waals surface area contributed by atoms with Crippen LogP contribution in [0.15, 0.2) is 41.1 Å². The molecule has 1 atom stereocenters. The van der Waals surface area contributed by atoms with E-state index in [1.54, 1.807) is 6.20 Å². The van der Waals surface area contributed by atoms with Gasteiger partial charge in [0.1, 0.15) is 0 Å². The van der Waals surface area contributed by atoms with Crippen LogP contribution < -0.4 is 5.73 Å². The largest absolute Gasteiger partial charge is 0.324 e. The van der Waals surface area contributed by atoms with Crippen LogP contribution >= 0.6 is 15.9 Å². The Labute approximate surface area is 97.0 Å². The highest BCUT2D eigenvalue weighted by atomic mass is 79.9. The molecule has 1 aromatic carbocycles. The van der Waals surface area contributed by atoms with Crippen molar-refractivity contribution in [2.45, 2.75) is 13.0 Å². The van der Waals surface area contributed by atoms with Gasteiger partial charge in [-0.15, -0.1) is 0 Å². The van der Waals surface area contributed by atoms with E-state index in [1.807, 2.05) is 42.1 Å². The van der Waals surface area contributed by atoms with Gasteiger partial charge in [-0.1, -0.05) is 18.2 Å². The third-order valence-corrected chi connectivity index (χ3v) is 2.63. The number of benzene rings is 1. The number of nitrogens with two attached hydrogens (primary N) is 1. The number of hydrogen-bond acceptors (Lipinski definition) is 2. The average Bonchev–Trinajstić information content (AvgIpc) is 2.65. The molecule has 0 aliphatic heterocycles. The SMILES string of the molecule is C[C@@H](N)c1ccccc1-n1cc(Br)cn1. The molecule has 3 nitrogen and oxygen atoms in total. The van der Waals surface area contributed by atoms with Crippen LogP contribution in [0.5, 0.6) is 0 Å². The fraction of sp³-hybridized carbons (Fsp3) is 0.182. The van der Waals surface area contributed by atoms with E-state index in [1.165, 1.54) is 0 Å². The van der Waals surface area contributed by atoms with E-state index in [-0.39, 0.29) is 6.04 Å². The molecule has 0 radical (unpaired) electrons. The highest BCUT2D eigenvalue weighted by Gasteiger charge is 2.08. The smallest absolute Gasteiger partial charge is 0.0693 e. The molecular weight excluding hydrogens is 254 g/mol. The Balaban J connectivity index is 2.52. The molecule has 15 heavy (non-hydrogen) atoms. The summed E-state index contributed by atoms with van der Waals surface area (Å²) in [4.78, 5) is 0. The van der Waals surface area contributed by atoms with E-state index in [0.717, 1.165) is 15.7 Å². The van der Waals surface area contributed by atoms with Crippen molar-refractivity contribution < 1.29 is 0 Å². The molecule has 2 N–H and O–H groups in total. The lowest BCUT2D eigenvalue weighted by Gasteiger charge is -2.11. The van der Waals surface area contributed by atoms with Gasteiger partial charge in [0.2, 0.25) is 0 Å². The highest BCUT2D eigenvalue weighted by Crippen LogP contribution is 2.20. The van der Waals surface area contributed by atoms with Crippen LogP contribution in [0.2, 0.25) is 0 Å². The number of hydrogen-bond donors (Lipinski definition) is 1. The Morgan fingerprint density at radius 2 is 2.13 bits per heavy atom. The molecule has 0 saturated heterocycles. The highest BCUT2D eigenvalue weighted by molar-refractivity contribution is 9.10. The van der Waals surface area contributed by atoms with Crippen LogP contribution in [0.25, 0.3) is 5.69 Å². The molecule has 2 aromatic rings. The molecule has 78 valence electrons. The fourth-order valence-corrected chi connectivity index (χ4v) is 1.80. The van der Waals surface area contributed by atoms with Crippen molar-refractivity contribution in [1.29, 1.82) is 0 Å². The minimum absolute atomic E-state index is 0.00387. The van der Waals surface area contributed by atoms with Gasteiger partial charge in [0, 0.05) is 12.2 Å². The molecule has 0 saturated carbocycles. The standard InChI is InChI=1S/C11H12BrN3/c1-8(13)10-4-2-3-5-11(10)15-7-9(12)6-14-15/h2-8H,13H2,1H3/t8-/m1/s1. The van der Waals surface area contributed by atoms with Gasteiger partial charge in [-0.25, -0.2) is 4.68 Å². The monoisotopic (exact) mass is 265 g/mol. The van der Waals surface area contributed by atoms with E-state index < -0.39 is 0 Å². The van der Waals surface area contributed by atoms with Crippen molar-refractivity contribution in [3.63, 3.8) is 0 Å². The summed E-state index contributed by atoms with van der Waals surface area (Å²) in [5, 5.41) is 4.24. The zero-order valence-electron chi connectivity index (χ0n) is 8.39. The number of para-hydroxylation sites is 1. The maximum atomic E-state index is 5.91. The maximum absolute atomic E-state index is 5.91. The summed E-state index contributed by atoms with van der Waals surface area (Å²) in [6.07, 6.45) is 3.68. The van der Waals surface area contributed by atoms with Gasteiger partial charge in [0.25, 0.3) is 0 Å². The van der Waals surface area contributed by atoms with Gasteiger partial charge in [-0.3, -0.25) is 0 Å². The molecule has 0 aliphatic rings. The summed E-state index contributed by atoms with van der Waals surface area (Å²) in [6.45, 7) is 1.97. The first kappa shape index (κ1) is 10.4. The van der Waals surface area contributed by atoms with E-state index in [2.05, 4.69) is 21.0 Å². The molecule has 4 heteroatoms. The Morgan fingerprint density at radius 1 is 1.40 bits per heavy atom. The molecule has 1 heterocycles. The lowest BCUT2D eigenvalue weighted by atomic mass is 10.1. The molecule has 0 aliphatic carbocycles. The minimum atomic E-state index is 0.00387. The lowest BCUT2D eigenvalue weighted by molar-refractivity contribution is 0.781. The van der Waals surface area contributed by atoms with Gasteiger partial charge in [0.15, 0.2) is 0 Å². The van der Waals surface area contributed by atoms with Crippen LogP contribution in [-0.2, 0) is 0 Å². The quantitative estimate of drug-likeness (QED) is 0.908. The van der Waals surface area contributed by atoms with Crippen LogP contribution in [-0.4, -0.2) is 9.78 Å². The van der Waals surface area contributed by atoms with E-state index in [0.29, 0.717) is 0 Å². The summed E-state index contributed by atoms with van der Waals surface area (Å²) in [7, 11) is 0. The summed E-state index contributed by atoms with van der Waals surface area (Å²) >= 11 is 3.38. The first-order valence-corrected chi connectivity index (χ1v) is 5.53. The lowest BCUT2D eigenvalue weighted by Crippen LogP contribution is -2.09. The average molecular weight is 266 g/mol. The van der Waals surface area contributed by atoms with Crippen molar-refractivity contribution in [1.82, 2.24) is 9.78 Å². The summed E-state index contributed by atoms with van der Waals surface area (Å²) in [5.41, 5.74) is 8.02. The summed E-state index contributed by atoms with van der Waals surface area (Å²) in [6, 6.07) is 8.01. The van der Waals surface area contributed by atoms with Crippen molar-refractivity contribution in [3.8, 4) is 5.69 Å². The van der Waals surface area contributed by atoms with E-state index >= 15 is 0 Å². The van der Waals surface area contributed by atoms with Crippen molar-refractivity contribution >= 4 is 15.9 Å². The third kappa shape index (κ3) is 2.11. The molecule has 0 amide bonds. The summed E-state index contributed by atoms with van der Waals surface area (Å²) in [5.74, 6) is 0. The van der Waals surface area contributed by atoms with Gasteiger partial charge in [-0.2, -0.15) is 5.10 Å². The molecule has 0 fully saturated rings. The second-order valence-corrected chi connectivity index (χ2v) is 4.37. The first-order valence-electron chi connectivity index (χ1n) is 4.73. The number of nitrogens with zero attached hydrogens (tertiary/aromatic N) is 2. The molecule has 1 aromatic heterocycles. The predicted molar refractivity (Wildman–Crippen MR) is 63.9 cm³/mol. The Hall–Kier alpha value is -1.13. The predicted octanol–water partition coefficient (Wildman–Crippen LogP) is 2.65. The maximum Gasteiger partial charge on any atom is 0.0693 e. The van der Waals surface area contributed by atoms with Crippen molar-refractivity contribution in [2.75, 3.05) is 0 Å². The van der Waals surface area contributed by atoms with Gasteiger partial charge < -0.3 is 5.73 Å². The van der Waals surface area contributed by atoms with Crippen LogP contribution in [0.3, 0.4) is 0 Å². The molecule has 2 rings (SSSR count). The minimum Gasteiger partial charge on any atom is -0.324 e. The Kier molecular flexibility index (Phi) is 2.88. The normalized spacial score (nSPS) is 12.7. The van der Waals surface area contributed by atoms with Crippen molar-refractivity contribution in [2.24, 2.45) is 5.73 Å². The Morgan fingerprint density at radius 3 is 2.73 bits per heavy atom. The van der Waals surface area contributed by atoms with Crippen LogP contribution in [0, 0.1) is 0 Å². The second-order valence-electron chi connectivity index (χ2n) is 3.45. The number of rotatable bonds is 2. The topological polar surface area (TPSA) is 43.8 Å².